The Morgan fingerprint density at radius 3 is 2.24 bits per heavy atom. The van der Waals surface area contributed by atoms with Gasteiger partial charge in [0.1, 0.15) is 5.75 Å². The standard InChI is InChI=1S/C19H22N2O3S/c1-15-10-12-21(13-11-15)25(23,24)19-8-4-17(5-9-19)20-14-16-2-6-18(22)7-3-16/h2-9,14-15,22H,10-13H2,1H3. The van der Waals surface area contributed by atoms with E-state index in [2.05, 4.69) is 11.9 Å². The summed E-state index contributed by atoms with van der Waals surface area (Å²) in [5.41, 5.74) is 1.54. The maximum atomic E-state index is 12.7. The predicted molar refractivity (Wildman–Crippen MR) is 99.0 cm³/mol. The normalized spacial score (nSPS) is 17.2. The lowest BCUT2D eigenvalue weighted by atomic mass is 10.0. The molecule has 0 bridgehead atoms. The Hall–Kier alpha value is -2.18. The first-order chi connectivity index (χ1) is 11.9. The first-order valence-electron chi connectivity index (χ1n) is 8.38. The minimum atomic E-state index is -3.42. The number of piperidine rings is 1. The Morgan fingerprint density at radius 2 is 1.64 bits per heavy atom. The summed E-state index contributed by atoms with van der Waals surface area (Å²) < 4.78 is 26.9. The molecule has 0 aromatic heterocycles. The van der Waals surface area contributed by atoms with Crippen molar-refractivity contribution in [2.24, 2.45) is 10.9 Å². The summed E-state index contributed by atoms with van der Waals surface area (Å²) in [7, 11) is -3.42. The first-order valence-corrected chi connectivity index (χ1v) is 9.82. The van der Waals surface area contributed by atoms with E-state index in [1.54, 1.807) is 59.1 Å². The summed E-state index contributed by atoms with van der Waals surface area (Å²) in [6.07, 6.45) is 3.50. The van der Waals surface area contributed by atoms with Crippen molar-refractivity contribution < 1.29 is 13.5 Å². The molecule has 0 amide bonds. The van der Waals surface area contributed by atoms with E-state index in [1.807, 2.05) is 0 Å². The van der Waals surface area contributed by atoms with Crippen LogP contribution in [0, 0.1) is 5.92 Å². The molecule has 1 N–H and O–H groups in total. The van der Waals surface area contributed by atoms with Gasteiger partial charge in [0.2, 0.25) is 10.0 Å². The molecule has 6 heteroatoms. The van der Waals surface area contributed by atoms with Crippen LogP contribution in [0.3, 0.4) is 0 Å². The molecule has 3 rings (SSSR count). The van der Waals surface area contributed by atoms with Crippen molar-refractivity contribution in [3.05, 3.63) is 54.1 Å². The number of phenolic OH excluding ortho intramolecular Hbond substituents is 1. The largest absolute Gasteiger partial charge is 0.508 e. The number of sulfonamides is 1. The van der Waals surface area contributed by atoms with Crippen LogP contribution in [0.4, 0.5) is 5.69 Å². The molecule has 1 fully saturated rings. The van der Waals surface area contributed by atoms with E-state index < -0.39 is 10.0 Å². The van der Waals surface area contributed by atoms with Crippen molar-refractivity contribution in [1.29, 1.82) is 0 Å². The fourth-order valence-corrected chi connectivity index (χ4v) is 4.26. The second-order valence-corrected chi connectivity index (χ2v) is 8.37. The van der Waals surface area contributed by atoms with Gasteiger partial charge in [-0.15, -0.1) is 0 Å². The number of hydrogen-bond donors (Lipinski definition) is 1. The van der Waals surface area contributed by atoms with Gasteiger partial charge in [0.15, 0.2) is 0 Å². The van der Waals surface area contributed by atoms with Gasteiger partial charge in [-0.2, -0.15) is 4.31 Å². The minimum Gasteiger partial charge on any atom is -0.508 e. The highest BCUT2D eigenvalue weighted by molar-refractivity contribution is 7.89. The summed E-state index contributed by atoms with van der Waals surface area (Å²) in [6.45, 7) is 3.33. The molecule has 1 heterocycles. The Kier molecular flexibility index (Phi) is 5.20. The molecule has 1 aliphatic rings. The van der Waals surface area contributed by atoms with Gasteiger partial charge in [-0.3, -0.25) is 4.99 Å². The van der Waals surface area contributed by atoms with Crippen LogP contribution in [-0.4, -0.2) is 37.1 Å². The number of phenols is 1. The van der Waals surface area contributed by atoms with E-state index in [0.717, 1.165) is 18.4 Å². The highest BCUT2D eigenvalue weighted by atomic mass is 32.2. The second kappa shape index (κ2) is 7.37. The van der Waals surface area contributed by atoms with Crippen LogP contribution >= 0.6 is 0 Å². The summed E-state index contributed by atoms with van der Waals surface area (Å²) in [5.74, 6) is 0.793. The molecular weight excluding hydrogens is 336 g/mol. The number of nitrogens with zero attached hydrogens (tertiary/aromatic N) is 2. The van der Waals surface area contributed by atoms with Crippen LogP contribution in [0.15, 0.2) is 58.4 Å². The third kappa shape index (κ3) is 4.27. The maximum Gasteiger partial charge on any atom is 0.243 e. The lowest BCUT2D eigenvalue weighted by molar-refractivity contribution is 0.288. The second-order valence-electron chi connectivity index (χ2n) is 6.43. The van der Waals surface area contributed by atoms with Crippen LogP contribution in [0.1, 0.15) is 25.3 Å². The van der Waals surface area contributed by atoms with Gasteiger partial charge in [0, 0.05) is 19.3 Å². The fourth-order valence-electron chi connectivity index (χ4n) is 2.79. The van der Waals surface area contributed by atoms with Gasteiger partial charge < -0.3 is 5.11 Å². The van der Waals surface area contributed by atoms with Crippen molar-refractivity contribution in [2.75, 3.05) is 13.1 Å². The van der Waals surface area contributed by atoms with E-state index >= 15 is 0 Å². The van der Waals surface area contributed by atoms with Crippen molar-refractivity contribution in [3.8, 4) is 5.75 Å². The van der Waals surface area contributed by atoms with Crippen LogP contribution in [0.25, 0.3) is 0 Å². The van der Waals surface area contributed by atoms with Crippen LogP contribution in [-0.2, 0) is 10.0 Å². The van der Waals surface area contributed by atoms with Gasteiger partial charge in [0.25, 0.3) is 0 Å². The molecule has 0 unspecified atom stereocenters. The lowest BCUT2D eigenvalue weighted by Crippen LogP contribution is -2.37. The number of aromatic hydroxyl groups is 1. The first kappa shape index (κ1) is 17.6. The van der Waals surface area contributed by atoms with Crippen molar-refractivity contribution in [3.63, 3.8) is 0 Å². The average Bonchev–Trinajstić information content (AvgIpc) is 2.62. The molecule has 5 nitrogen and oxygen atoms in total. The fraction of sp³-hybridized carbons (Fsp3) is 0.316. The third-order valence-electron chi connectivity index (χ3n) is 4.47. The van der Waals surface area contributed by atoms with E-state index in [0.29, 0.717) is 29.6 Å². The van der Waals surface area contributed by atoms with E-state index in [4.69, 9.17) is 0 Å². The lowest BCUT2D eigenvalue weighted by Gasteiger charge is -2.29. The van der Waals surface area contributed by atoms with Crippen LogP contribution < -0.4 is 0 Å². The monoisotopic (exact) mass is 358 g/mol. The molecule has 0 spiro atoms. The number of hydrogen-bond acceptors (Lipinski definition) is 4. The zero-order valence-corrected chi connectivity index (χ0v) is 15.0. The van der Waals surface area contributed by atoms with Crippen molar-refractivity contribution >= 4 is 21.9 Å². The van der Waals surface area contributed by atoms with Gasteiger partial charge in [-0.1, -0.05) is 6.92 Å². The highest BCUT2D eigenvalue weighted by Crippen LogP contribution is 2.25. The molecule has 1 saturated heterocycles. The van der Waals surface area contributed by atoms with Crippen LogP contribution in [0.5, 0.6) is 5.75 Å². The minimum absolute atomic E-state index is 0.207. The molecular formula is C19H22N2O3S. The molecule has 25 heavy (non-hydrogen) atoms. The molecule has 0 saturated carbocycles. The Labute approximate surface area is 148 Å². The Balaban J connectivity index is 1.72. The molecule has 0 radical (unpaired) electrons. The Morgan fingerprint density at radius 1 is 1.04 bits per heavy atom. The van der Waals surface area contributed by atoms with E-state index in [-0.39, 0.29) is 5.75 Å². The molecule has 0 atom stereocenters. The van der Waals surface area contributed by atoms with Crippen molar-refractivity contribution in [1.82, 2.24) is 4.31 Å². The van der Waals surface area contributed by atoms with Gasteiger partial charge in [-0.05, 0) is 72.9 Å². The van der Waals surface area contributed by atoms with Gasteiger partial charge in [-0.25, -0.2) is 8.42 Å². The zero-order valence-electron chi connectivity index (χ0n) is 14.2. The van der Waals surface area contributed by atoms with Crippen molar-refractivity contribution in [2.45, 2.75) is 24.7 Å². The average molecular weight is 358 g/mol. The maximum absolute atomic E-state index is 12.7. The molecule has 1 aliphatic heterocycles. The smallest absolute Gasteiger partial charge is 0.243 e. The SMILES string of the molecule is CC1CCN(S(=O)(=O)c2ccc(N=Cc3ccc(O)cc3)cc2)CC1. The summed E-state index contributed by atoms with van der Waals surface area (Å²) in [6, 6.07) is 13.3. The topological polar surface area (TPSA) is 70.0 Å². The van der Waals surface area contributed by atoms with Gasteiger partial charge in [0.05, 0.1) is 10.6 Å². The van der Waals surface area contributed by atoms with Gasteiger partial charge >= 0.3 is 0 Å². The zero-order chi connectivity index (χ0) is 17.9. The highest BCUT2D eigenvalue weighted by Gasteiger charge is 2.27. The number of aliphatic imine (C=N–C) groups is 1. The summed E-state index contributed by atoms with van der Waals surface area (Å²) >= 11 is 0. The summed E-state index contributed by atoms with van der Waals surface area (Å²) in [5, 5.41) is 9.27. The quantitative estimate of drug-likeness (QED) is 0.850. The molecule has 132 valence electrons. The predicted octanol–water partition coefficient (Wildman–Crippen LogP) is 3.56. The number of benzene rings is 2. The van der Waals surface area contributed by atoms with Crippen LogP contribution in [0.2, 0.25) is 0 Å². The third-order valence-corrected chi connectivity index (χ3v) is 6.39. The number of rotatable bonds is 4. The molecule has 0 aliphatic carbocycles. The Bertz CT molecular complexity index is 835. The summed E-state index contributed by atoms with van der Waals surface area (Å²) in [4.78, 5) is 4.65. The molecule has 2 aromatic carbocycles. The van der Waals surface area contributed by atoms with E-state index in [1.165, 1.54) is 0 Å². The van der Waals surface area contributed by atoms with E-state index in [9.17, 15) is 13.5 Å². The molecule has 2 aromatic rings.